The Hall–Kier alpha value is -2.11. The lowest BCUT2D eigenvalue weighted by Gasteiger charge is -2.21. The van der Waals surface area contributed by atoms with Gasteiger partial charge in [-0.3, -0.25) is 9.59 Å². The van der Waals surface area contributed by atoms with Gasteiger partial charge in [-0.1, -0.05) is 41.4 Å². The number of benzene rings is 2. The van der Waals surface area contributed by atoms with Crippen molar-refractivity contribution in [1.82, 2.24) is 0 Å². The van der Waals surface area contributed by atoms with Crippen LogP contribution < -0.4 is 10.2 Å². The van der Waals surface area contributed by atoms with Crippen molar-refractivity contribution in [1.29, 1.82) is 0 Å². The van der Waals surface area contributed by atoms with E-state index in [9.17, 15) is 14.0 Å². The van der Waals surface area contributed by atoms with Crippen LogP contribution in [0.2, 0.25) is 10.0 Å². The minimum atomic E-state index is -0.591. The van der Waals surface area contributed by atoms with E-state index >= 15 is 0 Å². The van der Waals surface area contributed by atoms with Crippen molar-refractivity contribution >= 4 is 46.4 Å². The highest BCUT2D eigenvalue weighted by Gasteiger charge is 2.19. The fourth-order valence-corrected chi connectivity index (χ4v) is 2.47. The lowest BCUT2D eigenvalue weighted by molar-refractivity contribution is -0.120. The third-order valence-corrected chi connectivity index (χ3v) is 3.68. The van der Waals surface area contributed by atoms with Crippen molar-refractivity contribution in [3.05, 3.63) is 58.3 Å². The molecule has 4 nitrogen and oxygen atoms in total. The number of nitrogens with one attached hydrogen (secondary N) is 1. The first kappa shape index (κ1) is 17.2. The molecular weight excluding hydrogens is 342 g/mol. The molecule has 23 heavy (non-hydrogen) atoms. The maximum Gasteiger partial charge on any atom is 0.244 e. The van der Waals surface area contributed by atoms with E-state index in [1.165, 1.54) is 25.1 Å². The second-order valence-electron chi connectivity index (χ2n) is 4.70. The molecule has 2 amide bonds. The maximum absolute atomic E-state index is 13.8. The van der Waals surface area contributed by atoms with E-state index in [1.54, 1.807) is 24.3 Å². The molecule has 0 radical (unpaired) electrons. The van der Waals surface area contributed by atoms with Gasteiger partial charge in [0, 0.05) is 6.92 Å². The summed E-state index contributed by atoms with van der Waals surface area (Å²) in [6.45, 7) is 0.889. The average Bonchev–Trinajstić information content (AvgIpc) is 2.49. The fourth-order valence-electron chi connectivity index (χ4n) is 1.98. The van der Waals surface area contributed by atoms with Crippen LogP contribution in [-0.2, 0) is 9.59 Å². The molecule has 0 heterocycles. The molecule has 0 saturated heterocycles. The number of halogens is 3. The number of hydrogen-bond donors (Lipinski definition) is 1. The molecule has 0 aromatic heterocycles. The minimum Gasteiger partial charge on any atom is -0.322 e. The molecule has 2 aromatic carbocycles. The second-order valence-corrected chi connectivity index (χ2v) is 5.52. The lowest BCUT2D eigenvalue weighted by Crippen LogP contribution is -2.37. The molecule has 0 fully saturated rings. The van der Waals surface area contributed by atoms with Crippen LogP contribution in [0.15, 0.2) is 42.5 Å². The van der Waals surface area contributed by atoms with Crippen molar-refractivity contribution in [3.8, 4) is 0 Å². The zero-order valence-corrected chi connectivity index (χ0v) is 13.7. The van der Waals surface area contributed by atoms with Gasteiger partial charge >= 0.3 is 0 Å². The predicted octanol–water partition coefficient (Wildman–Crippen LogP) is 4.12. The van der Waals surface area contributed by atoms with Crippen LogP contribution in [0.3, 0.4) is 0 Å². The van der Waals surface area contributed by atoms with Gasteiger partial charge in [0.2, 0.25) is 11.8 Å². The molecule has 0 atom stereocenters. The number of carbonyl (C=O) groups excluding carboxylic acids is 2. The van der Waals surface area contributed by atoms with E-state index in [2.05, 4.69) is 5.32 Å². The number of nitrogens with zero attached hydrogens (tertiary/aromatic N) is 1. The fraction of sp³-hybridized carbons (Fsp3) is 0.125. The Labute approximate surface area is 142 Å². The summed E-state index contributed by atoms with van der Waals surface area (Å²) in [6.07, 6.45) is 0. The Morgan fingerprint density at radius 3 is 2.26 bits per heavy atom. The Morgan fingerprint density at radius 2 is 1.70 bits per heavy atom. The summed E-state index contributed by atoms with van der Waals surface area (Å²) in [7, 11) is 0. The quantitative estimate of drug-likeness (QED) is 0.897. The minimum absolute atomic E-state index is 0.0282. The van der Waals surface area contributed by atoms with Gasteiger partial charge in [-0.05, 0) is 24.3 Å². The van der Waals surface area contributed by atoms with E-state index in [-0.39, 0.29) is 28.0 Å². The van der Waals surface area contributed by atoms with Gasteiger partial charge in [0.25, 0.3) is 0 Å². The third kappa shape index (κ3) is 4.21. The highest BCUT2D eigenvalue weighted by atomic mass is 35.5. The first-order valence-electron chi connectivity index (χ1n) is 6.66. The smallest absolute Gasteiger partial charge is 0.244 e. The van der Waals surface area contributed by atoms with Crippen LogP contribution >= 0.6 is 23.2 Å². The molecule has 0 unspecified atom stereocenters. The first-order chi connectivity index (χ1) is 10.9. The number of carbonyl (C=O) groups is 2. The molecule has 2 rings (SSSR count). The van der Waals surface area contributed by atoms with Crippen molar-refractivity contribution < 1.29 is 14.0 Å². The van der Waals surface area contributed by atoms with Crippen LogP contribution in [0.5, 0.6) is 0 Å². The van der Waals surface area contributed by atoms with Crippen LogP contribution in [0.1, 0.15) is 6.92 Å². The second kappa shape index (κ2) is 7.44. The van der Waals surface area contributed by atoms with Crippen LogP contribution in [0.4, 0.5) is 15.8 Å². The topological polar surface area (TPSA) is 49.4 Å². The van der Waals surface area contributed by atoms with Gasteiger partial charge < -0.3 is 10.2 Å². The summed E-state index contributed by atoms with van der Waals surface area (Å²) < 4.78 is 13.8. The molecule has 1 N–H and O–H groups in total. The molecule has 0 bridgehead atoms. The highest BCUT2D eigenvalue weighted by Crippen LogP contribution is 2.29. The molecule has 0 aliphatic heterocycles. The standard InChI is InChI=1S/C16H13Cl2FN2O2/c1-10(22)21(14-8-3-2-7-13(14)19)9-15(23)20-16-11(17)5-4-6-12(16)18/h2-8H,9H2,1H3,(H,20,23). The monoisotopic (exact) mass is 354 g/mol. The van der Waals surface area contributed by atoms with Gasteiger partial charge in [-0.15, -0.1) is 0 Å². The van der Waals surface area contributed by atoms with Gasteiger partial charge in [-0.25, -0.2) is 4.39 Å². The van der Waals surface area contributed by atoms with Crippen molar-refractivity contribution in [3.63, 3.8) is 0 Å². The zero-order valence-electron chi connectivity index (χ0n) is 12.1. The molecular formula is C16H13Cl2FN2O2. The summed E-state index contributed by atoms with van der Waals surface area (Å²) in [6, 6.07) is 10.5. The number of anilines is 2. The highest BCUT2D eigenvalue weighted by molar-refractivity contribution is 6.39. The first-order valence-corrected chi connectivity index (χ1v) is 7.42. The van der Waals surface area contributed by atoms with Crippen LogP contribution in [0.25, 0.3) is 0 Å². The van der Waals surface area contributed by atoms with Crippen LogP contribution in [-0.4, -0.2) is 18.4 Å². The summed E-state index contributed by atoms with van der Waals surface area (Å²) in [5.41, 5.74) is 0.276. The summed E-state index contributed by atoms with van der Waals surface area (Å²) in [5.74, 6) is -1.60. The number of amides is 2. The normalized spacial score (nSPS) is 10.3. The average molecular weight is 355 g/mol. The number of hydrogen-bond acceptors (Lipinski definition) is 2. The summed E-state index contributed by atoms with van der Waals surface area (Å²) >= 11 is 12.0. The number of para-hydroxylation sites is 2. The van der Waals surface area contributed by atoms with E-state index in [0.29, 0.717) is 0 Å². The van der Waals surface area contributed by atoms with Crippen molar-refractivity contribution in [2.24, 2.45) is 0 Å². The molecule has 0 aliphatic rings. The zero-order chi connectivity index (χ0) is 17.0. The van der Waals surface area contributed by atoms with Gasteiger partial charge in [0.15, 0.2) is 0 Å². The third-order valence-electron chi connectivity index (χ3n) is 3.05. The van der Waals surface area contributed by atoms with E-state index < -0.39 is 17.6 Å². The Morgan fingerprint density at radius 1 is 1.09 bits per heavy atom. The van der Waals surface area contributed by atoms with Crippen molar-refractivity contribution in [2.45, 2.75) is 6.92 Å². The van der Waals surface area contributed by atoms with Gasteiger partial charge in [0.05, 0.1) is 21.4 Å². The molecule has 0 aliphatic carbocycles. The summed E-state index contributed by atoms with van der Waals surface area (Å²) in [5, 5.41) is 3.07. The maximum atomic E-state index is 13.8. The van der Waals surface area contributed by atoms with E-state index in [0.717, 1.165) is 4.90 Å². The molecule has 0 saturated carbocycles. The molecule has 2 aromatic rings. The molecule has 0 spiro atoms. The molecule has 120 valence electrons. The Bertz CT molecular complexity index is 732. The van der Waals surface area contributed by atoms with Crippen LogP contribution in [0, 0.1) is 5.82 Å². The van der Waals surface area contributed by atoms with Crippen molar-refractivity contribution in [2.75, 3.05) is 16.8 Å². The van der Waals surface area contributed by atoms with Gasteiger partial charge in [-0.2, -0.15) is 0 Å². The Balaban J connectivity index is 2.20. The van der Waals surface area contributed by atoms with E-state index in [1.807, 2.05) is 0 Å². The summed E-state index contributed by atoms with van der Waals surface area (Å²) in [4.78, 5) is 25.0. The van der Waals surface area contributed by atoms with Gasteiger partial charge in [0.1, 0.15) is 12.4 Å². The predicted molar refractivity (Wildman–Crippen MR) is 89.5 cm³/mol. The largest absolute Gasteiger partial charge is 0.322 e. The Kier molecular flexibility index (Phi) is 5.58. The lowest BCUT2D eigenvalue weighted by atomic mass is 10.2. The number of rotatable bonds is 4. The molecule has 7 heteroatoms. The van der Waals surface area contributed by atoms with E-state index in [4.69, 9.17) is 23.2 Å². The SMILES string of the molecule is CC(=O)N(CC(=O)Nc1c(Cl)cccc1Cl)c1ccccc1F.